The Morgan fingerprint density at radius 1 is 0.941 bits per heavy atom. The summed E-state index contributed by atoms with van der Waals surface area (Å²) in [5, 5.41) is 35.3. The Kier molecular flexibility index (Phi) is 11.8. The highest BCUT2D eigenvalue weighted by Crippen LogP contribution is 2.11. The maximum atomic E-state index is 12.8. The van der Waals surface area contributed by atoms with E-state index in [1.165, 1.54) is 12.1 Å². The number of carbonyl (C=O) groups is 4. The number of phenolic OH excluding ortho intramolecular Hbond substituents is 1. The number of amides is 3. The number of rotatable bonds is 14. The molecule has 12 N–H and O–H groups in total. The molecule has 0 aliphatic carbocycles. The summed E-state index contributed by atoms with van der Waals surface area (Å²) in [5.74, 6) is -3.82. The molecule has 0 heterocycles. The van der Waals surface area contributed by atoms with Gasteiger partial charge in [0.05, 0.1) is 13.2 Å². The van der Waals surface area contributed by atoms with Gasteiger partial charge in [0.2, 0.25) is 17.7 Å². The average Bonchev–Trinajstić information content (AvgIpc) is 2.79. The van der Waals surface area contributed by atoms with E-state index in [1.54, 1.807) is 12.1 Å². The first-order valence-corrected chi connectivity index (χ1v) is 10.3. The molecule has 1 rings (SSSR count). The molecule has 0 radical (unpaired) electrons. The van der Waals surface area contributed by atoms with Crippen molar-refractivity contribution in [2.75, 3.05) is 19.7 Å². The van der Waals surface area contributed by atoms with Gasteiger partial charge in [0, 0.05) is 13.0 Å². The number of carboxylic acids is 1. The largest absolute Gasteiger partial charge is 0.508 e. The van der Waals surface area contributed by atoms with E-state index in [-0.39, 0.29) is 44.1 Å². The van der Waals surface area contributed by atoms with Crippen LogP contribution in [0.4, 0.5) is 0 Å². The third kappa shape index (κ3) is 10.1. The average molecular weight is 482 g/mol. The monoisotopic (exact) mass is 481 g/mol. The molecule has 0 aliphatic rings. The van der Waals surface area contributed by atoms with E-state index < -0.39 is 48.4 Å². The van der Waals surface area contributed by atoms with Gasteiger partial charge >= 0.3 is 5.97 Å². The fraction of sp³-hybridized carbons (Fsp3) is 0.450. The lowest BCUT2D eigenvalue weighted by atomic mass is 10.0. The molecule has 3 atom stereocenters. The van der Waals surface area contributed by atoms with Gasteiger partial charge in [0.15, 0.2) is 5.96 Å². The van der Waals surface area contributed by atoms with Gasteiger partial charge in [-0.3, -0.25) is 19.4 Å². The van der Waals surface area contributed by atoms with Crippen molar-refractivity contribution < 1.29 is 34.5 Å². The van der Waals surface area contributed by atoms with Crippen LogP contribution in [-0.4, -0.2) is 82.8 Å². The zero-order valence-corrected chi connectivity index (χ0v) is 18.4. The highest BCUT2D eigenvalue weighted by molar-refractivity contribution is 5.93. The molecule has 0 spiro atoms. The fourth-order valence-electron chi connectivity index (χ4n) is 2.83. The van der Waals surface area contributed by atoms with Gasteiger partial charge in [0.25, 0.3) is 0 Å². The molecule has 3 amide bonds. The molecule has 3 unspecified atom stereocenters. The number of nitrogens with one attached hydrogen (secondary N) is 3. The van der Waals surface area contributed by atoms with Crippen LogP contribution < -0.4 is 33.2 Å². The maximum absolute atomic E-state index is 12.8. The van der Waals surface area contributed by atoms with Crippen LogP contribution >= 0.6 is 0 Å². The van der Waals surface area contributed by atoms with Crippen LogP contribution in [0, 0.1) is 0 Å². The van der Waals surface area contributed by atoms with Gasteiger partial charge in [-0.1, -0.05) is 12.1 Å². The highest BCUT2D eigenvalue weighted by Gasteiger charge is 2.29. The van der Waals surface area contributed by atoms with Crippen molar-refractivity contribution in [2.45, 2.75) is 37.4 Å². The maximum Gasteiger partial charge on any atom is 0.326 e. The lowest BCUT2D eigenvalue weighted by Gasteiger charge is -2.23. The van der Waals surface area contributed by atoms with Crippen LogP contribution in [0.2, 0.25) is 0 Å². The Balaban J connectivity index is 2.85. The number of aliphatic hydroxyl groups is 1. The van der Waals surface area contributed by atoms with Crippen LogP contribution in [0.5, 0.6) is 5.75 Å². The number of aliphatic hydroxyl groups excluding tert-OH is 1. The van der Waals surface area contributed by atoms with E-state index in [9.17, 15) is 34.5 Å². The minimum atomic E-state index is -1.48. The van der Waals surface area contributed by atoms with Crippen molar-refractivity contribution in [1.82, 2.24) is 16.0 Å². The van der Waals surface area contributed by atoms with Crippen LogP contribution in [0.3, 0.4) is 0 Å². The topological polar surface area (TPSA) is 255 Å². The Bertz CT molecular complexity index is 873. The number of nitrogens with two attached hydrogens (primary N) is 3. The number of carboxylic acid groups (broad SMARTS) is 1. The van der Waals surface area contributed by atoms with Gasteiger partial charge in [-0.15, -0.1) is 0 Å². The Morgan fingerprint density at radius 3 is 2.06 bits per heavy atom. The zero-order valence-electron chi connectivity index (χ0n) is 18.4. The quantitative estimate of drug-likeness (QED) is 0.0718. The van der Waals surface area contributed by atoms with Crippen LogP contribution in [0.25, 0.3) is 0 Å². The summed E-state index contributed by atoms with van der Waals surface area (Å²) >= 11 is 0. The summed E-state index contributed by atoms with van der Waals surface area (Å²) in [6.07, 6.45) is 0.255. The molecule has 14 heteroatoms. The number of aromatic hydroxyl groups is 1. The Labute approximate surface area is 195 Å². The van der Waals surface area contributed by atoms with Gasteiger partial charge < -0.3 is 48.5 Å². The van der Waals surface area contributed by atoms with Gasteiger partial charge in [-0.25, -0.2) is 4.79 Å². The summed E-state index contributed by atoms with van der Waals surface area (Å²) in [4.78, 5) is 52.2. The number of hydrogen-bond acceptors (Lipinski definition) is 8. The molecule has 0 saturated heterocycles. The van der Waals surface area contributed by atoms with Crippen LogP contribution in [0.1, 0.15) is 18.4 Å². The first kappa shape index (κ1) is 28.1. The molecule has 188 valence electrons. The van der Waals surface area contributed by atoms with Gasteiger partial charge in [0.1, 0.15) is 23.9 Å². The second-order valence-electron chi connectivity index (χ2n) is 7.29. The molecule has 0 aromatic heterocycles. The number of guanidine groups is 1. The molecule has 34 heavy (non-hydrogen) atoms. The summed E-state index contributed by atoms with van der Waals surface area (Å²) in [7, 11) is 0. The van der Waals surface area contributed by atoms with E-state index in [4.69, 9.17) is 17.2 Å². The fourth-order valence-corrected chi connectivity index (χ4v) is 2.83. The molecule has 14 nitrogen and oxygen atoms in total. The number of benzene rings is 1. The normalized spacial score (nSPS) is 13.1. The van der Waals surface area contributed by atoms with Crippen LogP contribution in [0.15, 0.2) is 29.3 Å². The third-order valence-corrected chi connectivity index (χ3v) is 4.59. The second kappa shape index (κ2) is 14.3. The summed E-state index contributed by atoms with van der Waals surface area (Å²) in [6, 6.07) is 1.94. The first-order chi connectivity index (χ1) is 16.1. The number of carbonyl (C=O) groups excluding carboxylic acids is 3. The Hall–Kier alpha value is -3.91. The minimum Gasteiger partial charge on any atom is -0.508 e. The smallest absolute Gasteiger partial charge is 0.326 e. The van der Waals surface area contributed by atoms with Crippen molar-refractivity contribution >= 4 is 29.7 Å². The Morgan fingerprint density at radius 2 is 1.53 bits per heavy atom. The molecule has 1 aromatic carbocycles. The summed E-state index contributed by atoms with van der Waals surface area (Å²) in [6.45, 7) is -1.06. The lowest BCUT2D eigenvalue weighted by Crippen LogP contribution is -2.57. The predicted molar refractivity (Wildman–Crippen MR) is 121 cm³/mol. The molecular weight excluding hydrogens is 450 g/mol. The van der Waals surface area contributed by atoms with E-state index in [0.717, 1.165) is 0 Å². The van der Waals surface area contributed by atoms with Crippen molar-refractivity contribution in [3.63, 3.8) is 0 Å². The number of phenols is 1. The SMILES string of the molecule is NCC(=O)NC(Cc1ccc(O)cc1)C(=O)NC(CO)C(=O)NC(CCCN=C(N)N)C(=O)O. The van der Waals surface area contributed by atoms with Crippen molar-refractivity contribution in [3.8, 4) is 5.75 Å². The number of hydrogen-bond donors (Lipinski definition) is 9. The summed E-state index contributed by atoms with van der Waals surface area (Å²) < 4.78 is 0. The summed E-state index contributed by atoms with van der Waals surface area (Å²) in [5.41, 5.74) is 16.3. The number of aliphatic carboxylic acids is 1. The second-order valence-corrected chi connectivity index (χ2v) is 7.29. The van der Waals surface area contributed by atoms with E-state index in [1.807, 2.05) is 0 Å². The molecule has 1 aromatic rings. The van der Waals surface area contributed by atoms with Crippen molar-refractivity contribution in [2.24, 2.45) is 22.2 Å². The lowest BCUT2D eigenvalue weighted by molar-refractivity contribution is -0.142. The number of nitrogens with zero attached hydrogens (tertiary/aromatic N) is 1. The van der Waals surface area contributed by atoms with Gasteiger partial charge in [-0.2, -0.15) is 0 Å². The predicted octanol–water partition coefficient (Wildman–Crippen LogP) is -3.52. The molecular formula is C20H31N7O7. The van der Waals surface area contributed by atoms with Crippen molar-refractivity contribution in [3.05, 3.63) is 29.8 Å². The third-order valence-electron chi connectivity index (χ3n) is 4.59. The molecule has 0 saturated carbocycles. The first-order valence-electron chi connectivity index (χ1n) is 10.3. The van der Waals surface area contributed by atoms with Crippen molar-refractivity contribution in [1.29, 1.82) is 0 Å². The van der Waals surface area contributed by atoms with Crippen LogP contribution in [-0.2, 0) is 25.6 Å². The highest BCUT2D eigenvalue weighted by atomic mass is 16.4. The van der Waals surface area contributed by atoms with E-state index in [2.05, 4.69) is 20.9 Å². The molecule has 0 aliphatic heterocycles. The van der Waals surface area contributed by atoms with Gasteiger partial charge in [-0.05, 0) is 30.5 Å². The van der Waals surface area contributed by atoms with E-state index >= 15 is 0 Å². The van der Waals surface area contributed by atoms with E-state index in [0.29, 0.717) is 5.56 Å². The minimum absolute atomic E-state index is 0.0000167. The standard InChI is InChI=1S/C20H31N7O7/c21-9-16(30)25-14(8-11-3-5-12(29)6-4-11)17(31)27-15(10-28)18(32)26-13(19(33)34)2-1-7-24-20(22)23/h3-6,13-15,28-29H,1-2,7-10,21H2,(H,25,30)(H,26,32)(H,27,31)(H,33,34)(H4,22,23,24). The molecule has 0 fully saturated rings. The molecule has 0 bridgehead atoms. The zero-order chi connectivity index (χ0) is 25.7. The number of aliphatic imine (C=N–C) groups is 1.